The fraction of sp³-hybridized carbons (Fsp3) is 0.435. The lowest BCUT2D eigenvalue weighted by atomic mass is 10.1. The minimum Gasteiger partial charge on any atom is -0.456 e. The topological polar surface area (TPSA) is 131 Å². The van der Waals surface area contributed by atoms with Crippen LogP contribution in [0, 0.1) is 0 Å². The molecule has 9 nitrogen and oxygen atoms in total. The van der Waals surface area contributed by atoms with Crippen molar-refractivity contribution in [2.75, 3.05) is 36.4 Å². The minimum atomic E-state index is -0.756. The molecule has 1 atom stereocenters. The summed E-state index contributed by atoms with van der Waals surface area (Å²) in [5.74, 6) is -0.557. The van der Waals surface area contributed by atoms with Crippen molar-refractivity contribution in [2.24, 2.45) is 11.5 Å². The standard InChI is InChI=1S/C23H29N5O4S/c24-22(30)26-18-13-19(15-6-4-7-16(12-15)27-9-2-1-3-10-27)33-20(18)21(29)32-17-8-5-11-28(14-17)23(25)31/h4,6-7,12-13,17H,1-3,5,8-11,14H2,(H2,25,31)(H3,24,26,30). The Morgan fingerprint density at radius 1 is 1.03 bits per heavy atom. The van der Waals surface area contributed by atoms with E-state index in [2.05, 4.69) is 22.3 Å². The Morgan fingerprint density at radius 3 is 2.55 bits per heavy atom. The Morgan fingerprint density at radius 2 is 1.82 bits per heavy atom. The molecule has 4 amide bonds. The van der Waals surface area contributed by atoms with Gasteiger partial charge in [-0.3, -0.25) is 0 Å². The molecule has 33 heavy (non-hydrogen) atoms. The SMILES string of the molecule is NC(=O)Nc1cc(-c2cccc(N3CCCCC3)c2)sc1C(=O)OC1CCCN(C(N)=O)C1. The molecule has 3 heterocycles. The number of nitrogens with zero attached hydrogens (tertiary/aromatic N) is 2. The van der Waals surface area contributed by atoms with Crippen LogP contribution in [-0.4, -0.2) is 55.2 Å². The molecule has 0 radical (unpaired) electrons. The van der Waals surface area contributed by atoms with Crippen molar-refractivity contribution >= 4 is 40.7 Å². The van der Waals surface area contributed by atoms with Crippen LogP contribution < -0.4 is 21.7 Å². The van der Waals surface area contributed by atoms with Crippen molar-refractivity contribution in [1.82, 2.24) is 4.90 Å². The zero-order chi connectivity index (χ0) is 23.4. The number of ether oxygens (including phenoxy) is 1. The normalized spacial score (nSPS) is 18.6. The Labute approximate surface area is 196 Å². The van der Waals surface area contributed by atoms with Crippen LogP contribution in [0.25, 0.3) is 10.4 Å². The summed E-state index contributed by atoms with van der Waals surface area (Å²) in [5, 5.41) is 2.54. The number of urea groups is 2. The van der Waals surface area contributed by atoms with Gasteiger partial charge < -0.3 is 31.3 Å². The van der Waals surface area contributed by atoms with Crippen molar-refractivity contribution in [2.45, 2.75) is 38.2 Å². The smallest absolute Gasteiger partial charge is 0.350 e. The molecule has 0 spiro atoms. The lowest BCUT2D eigenvalue weighted by Gasteiger charge is -2.31. The minimum absolute atomic E-state index is 0.260. The van der Waals surface area contributed by atoms with Crippen molar-refractivity contribution in [3.63, 3.8) is 0 Å². The maximum atomic E-state index is 13.0. The largest absolute Gasteiger partial charge is 0.456 e. The molecule has 2 aromatic rings. The maximum absolute atomic E-state index is 13.0. The van der Waals surface area contributed by atoms with Gasteiger partial charge in [-0.25, -0.2) is 14.4 Å². The molecule has 10 heteroatoms. The molecule has 5 N–H and O–H groups in total. The molecular weight excluding hydrogens is 442 g/mol. The number of nitrogens with two attached hydrogens (primary N) is 2. The average molecular weight is 472 g/mol. The molecule has 4 rings (SSSR count). The van der Waals surface area contributed by atoms with Crippen LogP contribution in [-0.2, 0) is 4.74 Å². The van der Waals surface area contributed by atoms with Crippen LogP contribution in [0.3, 0.4) is 0 Å². The van der Waals surface area contributed by atoms with E-state index in [9.17, 15) is 14.4 Å². The second-order valence-electron chi connectivity index (χ2n) is 8.39. The Balaban J connectivity index is 1.56. The number of nitrogens with one attached hydrogen (secondary N) is 1. The van der Waals surface area contributed by atoms with Gasteiger partial charge in [-0.2, -0.15) is 0 Å². The first-order valence-corrected chi connectivity index (χ1v) is 12.0. The number of hydrogen-bond acceptors (Lipinski definition) is 6. The molecule has 0 bridgehead atoms. The summed E-state index contributed by atoms with van der Waals surface area (Å²) in [6, 6.07) is 8.64. The summed E-state index contributed by atoms with van der Waals surface area (Å²) in [6.45, 7) is 2.87. The van der Waals surface area contributed by atoms with E-state index < -0.39 is 24.1 Å². The van der Waals surface area contributed by atoms with Crippen LogP contribution in [0.2, 0.25) is 0 Å². The highest BCUT2D eigenvalue weighted by molar-refractivity contribution is 7.18. The number of thiophene rings is 1. The average Bonchev–Trinajstić information content (AvgIpc) is 3.23. The molecular formula is C23H29N5O4S. The van der Waals surface area contributed by atoms with Crippen molar-refractivity contribution in [3.8, 4) is 10.4 Å². The molecule has 0 saturated carbocycles. The number of hydrogen-bond donors (Lipinski definition) is 3. The highest BCUT2D eigenvalue weighted by Gasteiger charge is 2.28. The van der Waals surface area contributed by atoms with Gasteiger partial charge in [0.05, 0.1) is 12.2 Å². The molecule has 2 fully saturated rings. The van der Waals surface area contributed by atoms with Gasteiger partial charge in [-0.05, 0) is 55.9 Å². The number of anilines is 2. The Kier molecular flexibility index (Phi) is 7.02. The van der Waals surface area contributed by atoms with Gasteiger partial charge in [0, 0.05) is 30.2 Å². The monoisotopic (exact) mass is 471 g/mol. The number of likely N-dealkylation sites (tertiary alicyclic amines) is 1. The summed E-state index contributed by atoms with van der Waals surface area (Å²) in [7, 11) is 0. The third kappa shape index (κ3) is 5.57. The first-order valence-electron chi connectivity index (χ1n) is 11.2. The molecule has 0 aliphatic carbocycles. The van der Waals surface area contributed by atoms with E-state index in [1.807, 2.05) is 12.1 Å². The summed E-state index contributed by atoms with van der Waals surface area (Å²) in [4.78, 5) is 41.0. The molecule has 176 valence electrons. The number of amides is 4. The van der Waals surface area contributed by atoms with Crippen LogP contribution in [0.15, 0.2) is 30.3 Å². The van der Waals surface area contributed by atoms with Gasteiger partial charge in [0.2, 0.25) is 0 Å². The van der Waals surface area contributed by atoms with Crippen molar-refractivity contribution < 1.29 is 19.1 Å². The fourth-order valence-electron chi connectivity index (χ4n) is 4.36. The molecule has 1 aromatic carbocycles. The van der Waals surface area contributed by atoms with E-state index in [1.165, 1.54) is 35.5 Å². The third-order valence-corrected chi connectivity index (χ3v) is 7.15. The van der Waals surface area contributed by atoms with Crippen molar-refractivity contribution in [3.05, 3.63) is 35.2 Å². The van der Waals surface area contributed by atoms with Crippen LogP contribution in [0.1, 0.15) is 41.8 Å². The fourth-order valence-corrected chi connectivity index (χ4v) is 5.35. The van der Waals surface area contributed by atoms with Gasteiger partial charge in [0.1, 0.15) is 11.0 Å². The molecule has 2 aliphatic rings. The zero-order valence-corrected chi connectivity index (χ0v) is 19.2. The predicted molar refractivity (Wildman–Crippen MR) is 129 cm³/mol. The number of piperidine rings is 2. The molecule has 2 saturated heterocycles. The lowest BCUT2D eigenvalue weighted by molar-refractivity contribution is 0.0134. The van der Waals surface area contributed by atoms with E-state index in [-0.39, 0.29) is 11.4 Å². The number of esters is 1. The highest BCUT2D eigenvalue weighted by Crippen LogP contribution is 2.37. The van der Waals surface area contributed by atoms with Crippen LogP contribution in [0.4, 0.5) is 21.0 Å². The maximum Gasteiger partial charge on any atom is 0.350 e. The summed E-state index contributed by atoms with van der Waals surface area (Å²) in [6.07, 6.45) is 4.51. The van der Waals surface area contributed by atoms with Gasteiger partial charge in [0.25, 0.3) is 0 Å². The zero-order valence-electron chi connectivity index (χ0n) is 18.4. The van der Waals surface area contributed by atoms with E-state index in [0.717, 1.165) is 29.2 Å². The predicted octanol–water partition coefficient (Wildman–Crippen LogP) is 3.60. The lowest BCUT2D eigenvalue weighted by Crippen LogP contribution is -2.46. The number of rotatable bonds is 5. The summed E-state index contributed by atoms with van der Waals surface area (Å²) >= 11 is 1.25. The summed E-state index contributed by atoms with van der Waals surface area (Å²) < 4.78 is 5.67. The number of carbonyl (C=O) groups is 3. The van der Waals surface area contributed by atoms with E-state index in [0.29, 0.717) is 25.1 Å². The van der Waals surface area contributed by atoms with E-state index >= 15 is 0 Å². The molecule has 1 aromatic heterocycles. The first-order chi connectivity index (χ1) is 15.9. The number of carbonyl (C=O) groups excluding carboxylic acids is 3. The van der Waals surface area contributed by atoms with Crippen LogP contribution in [0.5, 0.6) is 0 Å². The van der Waals surface area contributed by atoms with Gasteiger partial charge in [0.15, 0.2) is 0 Å². The second-order valence-corrected chi connectivity index (χ2v) is 9.45. The Hall–Kier alpha value is -3.27. The van der Waals surface area contributed by atoms with Crippen molar-refractivity contribution in [1.29, 1.82) is 0 Å². The second kappa shape index (κ2) is 10.1. The van der Waals surface area contributed by atoms with Crippen LogP contribution >= 0.6 is 11.3 Å². The van der Waals surface area contributed by atoms with Gasteiger partial charge in [-0.15, -0.1) is 11.3 Å². The molecule has 1 unspecified atom stereocenters. The number of primary amides is 2. The highest BCUT2D eigenvalue weighted by atomic mass is 32.1. The van der Waals surface area contributed by atoms with Gasteiger partial charge >= 0.3 is 18.0 Å². The Bertz CT molecular complexity index is 1030. The van der Waals surface area contributed by atoms with E-state index in [1.54, 1.807) is 6.07 Å². The first kappa shape index (κ1) is 22.9. The quantitative estimate of drug-likeness (QED) is 0.574. The van der Waals surface area contributed by atoms with E-state index in [4.69, 9.17) is 16.2 Å². The third-order valence-electron chi connectivity index (χ3n) is 5.99. The molecule has 2 aliphatic heterocycles. The summed E-state index contributed by atoms with van der Waals surface area (Å²) in [5.41, 5.74) is 13.1. The number of benzene rings is 1. The van der Waals surface area contributed by atoms with Gasteiger partial charge in [-0.1, -0.05) is 12.1 Å².